The van der Waals surface area contributed by atoms with Crippen LogP contribution in [-0.2, 0) is 29.1 Å². The van der Waals surface area contributed by atoms with Crippen LogP contribution in [0.15, 0.2) is 97.1 Å². The number of amides is 4. The van der Waals surface area contributed by atoms with E-state index in [0.717, 1.165) is 33.2 Å². The zero-order valence-corrected chi connectivity index (χ0v) is 24.3. The highest BCUT2D eigenvalue weighted by atomic mass is 16.5. The molecule has 4 aromatic rings. The summed E-state index contributed by atoms with van der Waals surface area (Å²) in [7, 11) is 3.28. The Kier molecular flexibility index (Phi) is 7.98. The number of benzene rings is 4. The van der Waals surface area contributed by atoms with Gasteiger partial charge in [-0.2, -0.15) is 5.01 Å². The second kappa shape index (κ2) is 12.1. The fourth-order valence-electron chi connectivity index (χ4n) is 6.08. The van der Waals surface area contributed by atoms with E-state index in [1.165, 1.54) is 5.01 Å². The number of nitrogens with one attached hydrogen (secondary N) is 1. The number of urea groups is 1. The van der Waals surface area contributed by atoms with Crippen molar-refractivity contribution in [1.82, 2.24) is 25.1 Å². The summed E-state index contributed by atoms with van der Waals surface area (Å²) in [5.41, 5.74) is 2.94. The van der Waals surface area contributed by atoms with Crippen LogP contribution >= 0.6 is 0 Å². The maximum atomic E-state index is 14.1. The number of fused-ring (bicyclic) bond motifs is 2. The van der Waals surface area contributed by atoms with Gasteiger partial charge in [-0.25, -0.2) is 4.79 Å². The zero-order valence-electron chi connectivity index (χ0n) is 24.3. The van der Waals surface area contributed by atoms with Crippen LogP contribution < -0.4 is 10.1 Å². The third kappa shape index (κ3) is 5.76. The third-order valence-electron chi connectivity index (χ3n) is 8.36. The van der Waals surface area contributed by atoms with Gasteiger partial charge in [0.25, 0.3) is 0 Å². The highest BCUT2D eigenvalue weighted by molar-refractivity contribution is 5.92. The molecule has 9 nitrogen and oxygen atoms in total. The number of hydrogen-bond acceptors (Lipinski definition) is 5. The summed E-state index contributed by atoms with van der Waals surface area (Å²) in [6.07, 6.45) is -0.134. The van der Waals surface area contributed by atoms with Gasteiger partial charge in [0.1, 0.15) is 18.0 Å². The van der Waals surface area contributed by atoms with E-state index in [4.69, 9.17) is 4.74 Å². The Morgan fingerprint density at radius 3 is 2.40 bits per heavy atom. The molecule has 0 unspecified atom stereocenters. The first-order valence-corrected chi connectivity index (χ1v) is 14.4. The van der Waals surface area contributed by atoms with Crippen LogP contribution in [-0.4, -0.2) is 77.1 Å². The number of nitrogens with zero attached hydrogens (tertiary/aromatic N) is 4. The SMILES string of the molecule is COc1ccc(C[C@H]2C(=O)N(Cc3cccc4ccccc34)C[C@H]3N2C(=O)CN3N(C)C(=O)NCc2ccccc2)cc1. The largest absolute Gasteiger partial charge is 0.497 e. The van der Waals surface area contributed by atoms with Gasteiger partial charge in [0.2, 0.25) is 11.8 Å². The van der Waals surface area contributed by atoms with E-state index < -0.39 is 12.2 Å². The normalized spacial score (nSPS) is 18.6. The maximum absolute atomic E-state index is 14.1. The maximum Gasteiger partial charge on any atom is 0.332 e. The third-order valence-corrected chi connectivity index (χ3v) is 8.36. The molecule has 4 amide bonds. The monoisotopic (exact) mass is 577 g/mol. The molecule has 0 bridgehead atoms. The lowest BCUT2D eigenvalue weighted by atomic mass is 9.99. The van der Waals surface area contributed by atoms with E-state index >= 15 is 0 Å². The molecule has 2 fully saturated rings. The summed E-state index contributed by atoms with van der Waals surface area (Å²) < 4.78 is 5.31. The predicted octanol–water partition coefficient (Wildman–Crippen LogP) is 4.03. The van der Waals surface area contributed by atoms with Gasteiger partial charge in [-0.1, -0.05) is 84.9 Å². The second-order valence-corrected chi connectivity index (χ2v) is 11.0. The predicted molar refractivity (Wildman–Crippen MR) is 164 cm³/mol. The summed E-state index contributed by atoms with van der Waals surface area (Å²) >= 11 is 0. The fraction of sp³-hybridized carbons (Fsp3) is 0.265. The lowest BCUT2D eigenvalue weighted by Crippen LogP contribution is -2.65. The van der Waals surface area contributed by atoms with E-state index in [-0.39, 0.29) is 30.9 Å². The standard InChI is InChI=1S/C34H35N5O4/c1-36(34(42)35-20-25-9-4-3-5-10-25)38-23-32(40)39-30(19-24-15-17-28(43-2)18-16-24)33(41)37(22-31(38)39)21-27-13-8-12-26-11-6-7-14-29(26)27/h3-18,30-31H,19-23H2,1-2H3,(H,35,42)/t30-,31+/m0/s1. The number of hydrazine groups is 1. The molecule has 0 saturated carbocycles. The van der Waals surface area contributed by atoms with Crippen LogP contribution in [0.4, 0.5) is 4.79 Å². The lowest BCUT2D eigenvalue weighted by molar-refractivity contribution is -0.157. The summed E-state index contributed by atoms with van der Waals surface area (Å²) in [4.78, 5) is 44.5. The van der Waals surface area contributed by atoms with E-state index in [2.05, 4.69) is 23.5 Å². The van der Waals surface area contributed by atoms with Crippen molar-refractivity contribution >= 4 is 28.6 Å². The van der Waals surface area contributed by atoms with Crippen LogP contribution in [0.2, 0.25) is 0 Å². The average Bonchev–Trinajstić information content (AvgIpc) is 3.37. The summed E-state index contributed by atoms with van der Waals surface area (Å²) in [5, 5.41) is 8.39. The number of carbonyl (C=O) groups is 3. The fourth-order valence-corrected chi connectivity index (χ4v) is 6.08. The molecule has 1 N–H and O–H groups in total. The number of ether oxygens (including phenoxy) is 1. The Balaban J connectivity index is 1.28. The number of carbonyl (C=O) groups excluding carboxylic acids is 3. The van der Waals surface area contributed by atoms with Gasteiger partial charge in [0.05, 0.1) is 20.2 Å². The Bertz CT molecular complexity index is 1620. The smallest absolute Gasteiger partial charge is 0.332 e. The molecule has 9 heteroatoms. The number of methoxy groups -OCH3 is 1. The highest BCUT2D eigenvalue weighted by Gasteiger charge is 2.51. The van der Waals surface area contributed by atoms with Gasteiger partial charge in [-0.3, -0.25) is 14.6 Å². The van der Waals surface area contributed by atoms with E-state index in [1.807, 2.05) is 83.8 Å². The molecule has 2 aliphatic heterocycles. The Labute approximate surface area is 251 Å². The van der Waals surface area contributed by atoms with Crippen molar-refractivity contribution in [3.63, 3.8) is 0 Å². The molecule has 220 valence electrons. The van der Waals surface area contributed by atoms with Crippen molar-refractivity contribution in [3.05, 3.63) is 114 Å². The first kappa shape index (κ1) is 28.2. The molecule has 2 atom stereocenters. The topological polar surface area (TPSA) is 85.4 Å². The van der Waals surface area contributed by atoms with Crippen LogP contribution in [0.1, 0.15) is 16.7 Å². The van der Waals surface area contributed by atoms with Crippen molar-refractivity contribution < 1.29 is 19.1 Å². The molecule has 43 heavy (non-hydrogen) atoms. The first-order valence-electron chi connectivity index (χ1n) is 14.4. The Morgan fingerprint density at radius 2 is 1.63 bits per heavy atom. The van der Waals surface area contributed by atoms with Crippen molar-refractivity contribution in [2.75, 3.05) is 27.2 Å². The average molecular weight is 578 g/mol. The van der Waals surface area contributed by atoms with Gasteiger partial charge < -0.3 is 19.9 Å². The van der Waals surface area contributed by atoms with E-state index in [9.17, 15) is 14.4 Å². The molecule has 4 aromatic carbocycles. The number of hydrogen-bond donors (Lipinski definition) is 1. The summed E-state index contributed by atoms with van der Waals surface area (Å²) in [6.45, 7) is 1.05. The first-order chi connectivity index (χ1) is 20.9. The molecule has 0 aliphatic carbocycles. The summed E-state index contributed by atoms with van der Waals surface area (Å²) in [6, 6.07) is 30.4. The van der Waals surface area contributed by atoms with Crippen LogP contribution in [0.3, 0.4) is 0 Å². The molecular weight excluding hydrogens is 542 g/mol. The van der Waals surface area contributed by atoms with Crippen LogP contribution in [0, 0.1) is 0 Å². The molecule has 2 heterocycles. The molecule has 6 rings (SSSR count). The van der Waals surface area contributed by atoms with Gasteiger partial charge in [0, 0.05) is 26.6 Å². The molecule has 0 spiro atoms. The van der Waals surface area contributed by atoms with Crippen molar-refractivity contribution in [3.8, 4) is 5.75 Å². The van der Waals surface area contributed by atoms with E-state index in [0.29, 0.717) is 19.5 Å². The van der Waals surface area contributed by atoms with Crippen molar-refractivity contribution in [1.29, 1.82) is 0 Å². The minimum absolute atomic E-state index is 0.00836. The van der Waals surface area contributed by atoms with Gasteiger partial charge >= 0.3 is 6.03 Å². The minimum Gasteiger partial charge on any atom is -0.497 e. The van der Waals surface area contributed by atoms with Gasteiger partial charge in [-0.15, -0.1) is 0 Å². The number of piperazine rings is 1. The Morgan fingerprint density at radius 1 is 0.907 bits per heavy atom. The molecule has 0 radical (unpaired) electrons. The van der Waals surface area contributed by atoms with E-state index in [1.54, 1.807) is 24.1 Å². The minimum atomic E-state index is -0.708. The zero-order chi connectivity index (χ0) is 29.9. The molecular formula is C34H35N5O4. The molecule has 2 aliphatic rings. The van der Waals surface area contributed by atoms with Gasteiger partial charge in [-0.05, 0) is 39.6 Å². The quantitative estimate of drug-likeness (QED) is 0.342. The second-order valence-electron chi connectivity index (χ2n) is 11.0. The van der Waals surface area contributed by atoms with Crippen molar-refractivity contribution in [2.45, 2.75) is 31.7 Å². The van der Waals surface area contributed by atoms with Crippen LogP contribution in [0.5, 0.6) is 5.75 Å². The van der Waals surface area contributed by atoms with Crippen LogP contribution in [0.25, 0.3) is 10.8 Å². The lowest BCUT2D eigenvalue weighted by Gasteiger charge is -2.46. The highest BCUT2D eigenvalue weighted by Crippen LogP contribution is 2.31. The van der Waals surface area contributed by atoms with Crippen molar-refractivity contribution in [2.24, 2.45) is 0 Å². The summed E-state index contributed by atoms with van der Waals surface area (Å²) in [5.74, 6) is 0.441. The molecule has 2 saturated heterocycles. The molecule has 0 aromatic heterocycles. The number of rotatable bonds is 8. The Hall–Kier alpha value is -4.89. The van der Waals surface area contributed by atoms with Gasteiger partial charge in [0.15, 0.2) is 0 Å².